The number of benzene rings is 1. The van der Waals surface area contributed by atoms with Crippen LogP contribution in [0, 0.1) is 0 Å². The van der Waals surface area contributed by atoms with E-state index in [9.17, 15) is 0 Å². The fourth-order valence-corrected chi connectivity index (χ4v) is 3.47. The number of methoxy groups -OCH3 is 2. The number of anilines is 1. The Morgan fingerprint density at radius 2 is 1.89 bits per heavy atom. The predicted molar refractivity (Wildman–Crippen MR) is 116 cm³/mol. The zero-order valence-electron chi connectivity index (χ0n) is 15.5. The summed E-state index contributed by atoms with van der Waals surface area (Å²) in [5.74, 6) is 2.71. The number of hydrogen-bond donors (Lipinski definition) is 1. The number of hydrogen-bond acceptors (Lipinski definition) is 6. The topological polar surface area (TPSA) is 77.9 Å². The maximum atomic E-state index is 6.28. The van der Waals surface area contributed by atoms with Crippen molar-refractivity contribution in [1.82, 2.24) is 14.4 Å². The monoisotopic (exact) mass is 445 g/mol. The van der Waals surface area contributed by atoms with Gasteiger partial charge in [-0.25, -0.2) is 4.98 Å². The van der Waals surface area contributed by atoms with Crippen molar-refractivity contribution in [3.8, 4) is 22.8 Å². The van der Waals surface area contributed by atoms with Gasteiger partial charge in [0.15, 0.2) is 0 Å². The maximum absolute atomic E-state index is 6.28. The number of ether oxygens (including phenoxy) is 2. The number of aromatic nitrogens is 3. The van der Waals surface area contributed by atoms with Gasteiger partial charge in [-0.05, 0) is 18.6 Å². The molecule has 2 aromatic heterocycles. The van der Waals surface area contributed by atoms with Crippen LogP contribution < -0.4 is 20.1 Å². The fourth-order valence-electron chi connectivity index (χ4n) is 3.22. The van der Waals surface area contributed by atoms with E-state index in [4.69, 9.17) is 26.8 Å². The van der Waals surface area contributed by atoms with Crippen molar-refractivity contribution < 1.29 is 9.47 Å². The van der Waals surface area contributed by atoms with Crippen LogP contribution in [0.4, 0.5) is 5.82 Å². The van der Waals surface area contributed by atoms with Crippen LogP contribution in [0.2, 0.25) is 5.02 Å². The van der Waals surface area contributed by atoms with Gasteiger partial charge >= 0.3 is 0 Å². The van der Waals surface area contributed by atoms with Crippen LogP contribution in [0.1, 0.15) is 6.42 Å². The van der Waals surface area contributed by atoms with Crippen molar-refractivity contribution in [2.24, 2.45) is 5.73 Å². The lowest BCUT2D eigenvalue weighted by atomic mass is 10.1. The molecule has 0 amide bonds. The number of nitrogens with two attached hydrogens (primary N) is 1. The molecule has 0 radical (unpaired) electrons. The van der Waals surface area contributed by atoms with Gasteiger partial charge in [-0.1, -0.05) is 11.6 Å². The first-order chi connectivity index (χ1) is 12.6. The first-order valence-corrected chi connectivity index (χ1v) is 8.75. The molecule has 0 bridgehead atoms. The van der Waals surface area contributed by atoms with Crippen molar-refractivity contribution in [2.75, 3.05) is 32.2 Å². The summed E-state index contributed by atoms with van der Waals surface area (Å²) in [6, 6.07) is 5.73. The van der Waals surface area contributed by atoms with Crippen LogP contribution in [0.15, 0.2) is 30.6 Å². The van der Waals surface area contributed by atoms with E-state index in [2.05, 4.69) is 14.9 Å². The molecule has 0 spiro atoms. The molecule has 10 heteroatoms. The van der Waals surface area contributed by atoms with Gasteiger partial charge in [0.1, 0.15) is 17.3 Å². The molecule has 0 aliphatic carbocycles. The highest BCUT2D eigenvalue weighted by atomic mass is 35.5. The van der Waals surface area contributed by atoms with Crippen molar-refractivity contribution in [2.45, 2.75) is 12.5 Å². The van der Waals surface area contributed by atoms with Crippen molar-refractivity contribution in [3.63, 3.8) is 0 Å². The average molecular weight is 447 g/mol. The Bertz CT molecular complexity index is 966. The summed E-state index contributed by atoms with van der Waals surface area (Å²) >= 11 is 6.28. The molecule has 1 atom stereocenters. The summed E-state index contributed by atoms with van der Waals surface area (Å²) in [6.45, 7) is 1.73. The molecule has 1 saturated heterocycles. The molecular formula is C18H22Cl3N5O2. The van der Waals surface area contributed by atoms with E-state index >= 15 is 0 Å². The molecule has 3 aromatic rings. The Morgan fingerprint density at radius 3 is 2.54 bits per heavy atom. The van der Waals surface area contributed by atoms with Gasteiger partial charge in [0.2, 0.25) is 5.78 Å². The average Bonchev–Trinajstić information content (AvgIpc) is 3.26. The summed E-state index contributed by atoms with van der Waals surface area (Å²) < 4.78 is 12.6. The molecular weight excluding hydrogens is 425 g/mol. The van der Waals surface area contributed by atoms with E-state index in [-0.39, 0.29) is 30.9 Å². The van der Waals surface area contributed by atoms with Crippen LogP contribution >= 0.6 is 36.4 Å². The van der Waals surface area contributed by atoms with Gasteiger partial charge in [0.25, 0.3) is 0 Å². The van der Waals surface area contributed by atoms with E-state index in [0.29, 0.717) is 22.3 Å². The molecule has 1 fully saturated rings. The minimum Gasteiger partial charge on any atom is -0.496 e. The second-order valence-electron chi connectivity index (χ2n) is 6.30. The highest BCUT2D eigenvalue weighted by Gasteiger charge is 2.21. The molecule has 7 nitrogen and oxygen atoms in total. The minimum atomic E-state index is 0. The van der Waals surface area contributed by atoms with E-state index in [0.717, 1.165) is 36.6 Å². The first kappa shape index (κ1) is 22.4. The highest BCUT2D eigenvalue weighted by Crippen LogP contribution is 2.38. The summed E-state index contributed by atoms with van der Waals surface area (Å²) in [5, 5.41) is 0.500. The van der Waals surface area contributed by atoms with Gasteiger partial charge in [-0.3, -0.25) is 4.40 Å². The summed E-state index contributed by atoms with van der Waals surface area (Å²) in [6.07, 6.45) is 4.84. The number of nitrogens with zero attached hydrogens (tertiary/aromatic N) is 4. The lowest BCUT2D eigenvalue weighted by Gasteiger charge is -2.16. The zero-order valence-corrected chi connectivity index (χ0v) is 17.9. The predicted octanol–water partition coefficient (Wildman–Crippen LogP) is 3.45. The van der Waals surface area contributed by atoms with Crippen molar-refractivity contribution in [1.29, 1.82) is 0 Å². The van der Waals surface area contributed by atoms with E-state index in [1.165, 1.54) is 0 Å². The molecule has 152 valence electrons. The minimum absolute atomic E-state index is 0. The number of rotatable bonds is 4. The largest absolute Gasteiger partial charge is 0.496 e. The summed E-state index contributed by atoms with van der Waals surface area (Å²) in [7, 11) is 3.18. The Morgan fingerprint density at radius 1 is 1.14 bits per heavy atom. The molecule has 0 unspecified atom stereocenters. The van der Waals surface area contributed by atoms with Gasteiger partial charge in [0.05, 0.1) is 24.9 Å². The van der Waals surface area contributed by atoms with E-state index < -0.39 is 0 Å². The third-order valence-electron chi connectivity index (χ3n) is 4.61. The molecule has 1 aliphatic heterocycles. The Labute approximate surface area is 180 Å². The summed E-state index contributed by atoms with van der Waals surface area (Å²) in [4.78, 5) is 11.5. The maximum Gasteiger partial charge on any atom is 0.236 e. The van der Waals surface area contributed by atoms with Gasteiger partial charge in [-0.15, -0.1) is 24.8 Å². The smallest absolute Gasteiger partial charge is 0.236 e. The molecule has 1 aliphatic rings. The Kier molecular flexibility index (Phi) is 7.22. The quantitative estimate of drug-likeness (QED) is 0.661. The van der Waals surface area contributed by atoms with E-state index in [1.54, 1.807) is 26.4 Å². The van der Waals surface area contributed by atoms with Crippen LogP contribution in [-0.4, -0.2) is 47.7 Å². The van der Waals surface area contributed by atoms with Crippen LogP contribution in [-0.2, 0) is 0 Å². The number of fused-ring (bicyclic) bond motifs is 1. The van der Waals surface area contributed by atoms with Crippen molar-refractivity contribution >= 4 is 48.0 Å². The van der Waals surface area contributed by atoms with Gasteiger partial charge in [-0.2, -0.15) is 4.98 Å². The number of halogens is 3. The Hall–Kier alpha value is -1.93. The molecule has 0 saturated carbocycles. The molecule has 2 N–H and O–H groups in total. The third kappa shape index (κ3) is 4.07. The summed E-state index contributed by atoms with van der Waals surface area (Å²) in [5.41, 5.74) is 7.51. The standard InChI is InChI=1S/C18H20ClN5O2.2ClH/c1-25-15-8-16(26-2)13(19)7-12(15)14-10-24-6-4-17(22-18(24)21-14)23-5-3-11(20)9-23;;/h4,6-8,10-11H,3,5,9,20H2,1-2H3;2*1H/t11-;;/m1../s1. The highest BCUT2D eigenvalue weighted by molar-refractivity contribution is 6.32. The first-order valence-electron chi connectivity index (χ1n) is 8.37. The van der Waals surface area contributed by atoms with Gasteiger partial charge in [0, 0.05) is 43.2 Å². The van der Waals surface area contributed by atoms with E-state index in [1.807, 2.05) is 22.9 Å². The fraction of sp³-hybridized carbons (Fsp3) is 0.333. The third-order valence-corrected chi connectivity index (χ3v) is 4.91. The SMILES string of the molecule is COc1cc(OC)c(-c2cn3ccc(N4CC[C@@H](N)C4)nc3n2)cc1Cl.Cl.Cl. The molecule has 28 heavy (non-hydrogen) atoms. The number of imidazole rings is 1. The molecule has 1 aromatic carbocycles. The second kappa shape index (κ2) is 9.05. The normalized spacial score (nSPS) is 15.9. The Balaban J connectivity index is 0.00000140. The zero-order chi connectivity index (χ0) is 18.3. The van der Waals surface area contributed by atoms with Crippen LogP contribution in [0.25, 0.3) is 17.0 Å². The molecule has 3 heterocycles. The second-order valence-corrected chi connectivity index (χ2v) is 6.71. The molecule has 4 rings (SSSR count). The van der Waals surface area contributed by atoms with Crippen LogP contribution in [0.3, 0.4) is 0 Å². The van der Waals surface area contributed by atoms with Crippen LogP contribution in [0.5, 0.6) is 11.5 Å². The van der Waals surface area contributed by atoms with Crippen molar-refractivity contribution in [3.05, 3.63) is 35.6 Å². The van der Waals surface area contributed by atoms with Gasteiger partial charge < -0.3 is 20.1 Å². The lowest BCUT2D eigenvalue weighted by Crippen LogP contribution is -2.26. The lowest BCUT2D eigenvalue weighted by molar-refractivity contribution is 0.395.